The Balaban J connectivity index is 1.44. The molecule has 1 heterocycles. The summed E-state index contributed by atoms with van der Waals surface area (Å²) in [6, 6.07) is 24.4. The smallest absolute Gasteiger partial charge is 0.143 e. The summed E-state index contributed by atoms with van der Waals surface area (Å²) in [5.74, 6) is 0.927. The first-order valence-corrected chi connectivity index (χ1v) is 10.5. The predicted molar refractivity (Wildman–Crippen MR) is 117 cm³/mol. The van der Waals surface area contributed by atoms with E-state index in [1.165, 1.54) is 11.3 Å². The molecule has 144 valence electrons. The highest BCUT2D eigenvalue weighted by atomic mass is 79.9. The fourth-order valence-corrected chi connectivity index (χ4v) is 4.15. The van der Waals surface area contributed by atoms with Crippen molar-refractivity contribution in [3.05, 3.63) is 94.0 Å². The van der Waals surface area contributed by atoms with E-state index in [1.54, 1.807) is 0 Å². The molecule has 1 N–H and O–H groups in total. The van der Waals surface area contributed by atoms with Gasteiger partial charge in [0.25, 0.3) is 0 Å². The van der Waals surface area contributed by atoms with Crippen molar-refractivity contribution < 1.29 is 9.84 Å². The van der Waals surface area contributed by atoms with Gasteiger partial charge in [0.15, 0.2) is 0 Å². The minimum atomic E-state index is -0.473. The number of nitrogens with zero attached hydrogens (tertiary/aromatic N) is 1. The molecule has 0 aliphatic carbocycles. The minimum Gasteiger partial charge on any atom is -0.487 e. The first-order chi connectivity index (χ1) is 13.7. The average molecular weight is 438 g/mol. The van der Waals surface area contributed by atoms with E-state index in [0.29, 0.717) is 13.0 Å². The Labute approximate surface area is 174 Å². The normalized spacial score (nSPS) is 14.0. The fourth-order valence-electron chi connectivity index (χ4n) is 3.73. The van der Waals surface area contributed by atoms with Crippen molar-refractivity contribution in [1.29, 1.82) is 0 Å². The Kier molecular flexibility index (Phi) is 5.98. The lowest BCUT2D eigenvalue weighted by Gasteiger charge is -2.23. The van der Waals surface area contributed by atoms with Gasteiger partial charge in [0.2, 0.25) is 0 Å². The van der Waals surface area contributed by atoms with E-state index < -0.39 is 6.10 Å². The van der Waals surface area contributed by atoms with Gasteiger partial charge in [-0.15, -0.1) is 0 Å². The van der Waals surface area contributed by atoms with E-state index in [9.17, 15) is 5.11 Å². The molecule has 1 aliphatic heterocycles. The molecular formula is C24H24BrNO2. The molecule has 0 fully saturated rings. The van der Waals surface area contributed by atoms with Crippen LogP contribution in [0, 0.1) is 0 Å². The van der Waals surface area contributed by atoms with Gasteiger partial charge in [0.1, 0.15) is 12.4 Å². The topological polar surface area (TPSA) is 32.7 Å². The maximum absolute atomic E-state index is 10.6. The number of halogens is 1. The van der Waals surface area contributed by atoms with Crippen LogP contribution in [0.15, 0.2) is 77.3 Å². The van der Waals surface area contributed by atoms with Gasteiger partial charge in [0, 0.05) is 17.6 Å². The molecule has 1 atom stereocenters. The molecule has 1 aliphatic rings. The van der Waals surface area contributed by atoms with Crippen LogP contribution in [0.1, 0.15) is 29.2 Å². The molecular weight excluding hydrogens is 414 g/mol. The van der Waals surface area contributed by atoms with E-state index in [0.717, 1.165) is 40.9 Å². The third kappa shape index (κ3) is 4.40. The predicted octanol–water partition coefficient (Wildman–Crippen LogP) is 5.51. The van der Waals surface area contributed by atoms with Gasteiger partial charge >= 0.3 is 0 Å². The summed E-state index contributed by atoms with van der Waals surface area (Å²) in [6.45, 7) is 2.32. The van der Waals surface area contributed by atoms with Crippen molar-refractivity contribution in [1.82, 2.24) is 0 Å². The van der Waals surface area contributed by atoms with Gasteiger partial charge in [0.05, 0.1) is 11.8 Å². The van der Waals surface area contributed by atoms with Crippen LogP contribution in [0.3, 0.4) is 0 Å². The maximum Gasteiger partial charge on any atom is 0.143 e. The van der Waals surface area contributed by atoms with E-state index in [4.69, 9.17) is 4.74 Å². The number of aliphatic hydroxyl groups is 1. The first kappa shape index (κ1) is 19.0. The van der Waals surface area contributed by atoms with E-state index >= 15 is 0 Å². The Morgan fingerprint density at radius 2 is 1.82 bits per heavy atom. The molecule has 3 nitrogen and oxygen atoms in total. The molecule has 0 spiro atoms. The number of anilines is 1. The molecule has 0 aromatic heterocycles. The summed E-state index contributed by atoms with van der Waals surface area (Å²) < 4.78 is 7.15. The van der Waals surface area contributed by atoms with Gasteiger partial charge < -0.3 is 14.7 Å². The van der Waals surface area contributed by atoms with Gasteiger partial charge in [-0.2, -0.15) is 0 Å². The second-order valence-electron chi connectivity index (χ2n) is 7.13. The highest BCUT2D eigenvalue weighted by molar-refractivity contribution is 9.10. The Bertz CT molecular complexity index is 929. The van der Waals surface area contributed by atoms with Gasteiger partial charge in [-0.25, -0.2) is 0 Å². The van der Waals surface area contributed by atoms with Crippen LogP contribution in [-0.2, 0) is 13.0 Å². The number of benzene rings is 3. The van der Waals surface area contributed by atoms with E-state index in [1.807, 2.05) is 48.5 Å². The third-order valence-electron chi connectivity index (χ3n) is 5.19. The van der Waals surface area contributed by atoms with Crippen molar-refractivity contribution in [3.8, 4) is 5.75 Å². The number of hydrogen-bond acceptors (Lipinski definition) is 3. The van der Waals surface area contributed by atoms with Crippen LogP contribution in [-0.4, -0.2) is 18.2 Å². The highest BCUT2D eigenvalue weighted by Gasteiger charge is 2.24. The van der Waals surface area contributed by atoms with Gasteiger partial charge in [-0.05, 0) is 47.7 Å². The van der Waals surface area contributed by atoms with E-state index in [2.05, 4.69) is 45.1 Å². The van der Waals surface area contributed by atoms with Crippen molar-refractivity contribution in [2.45, 2.75) is 25.6 Å². The fraction of sp³-hybridized carbons (Fsp3) is 0.250. The quantitative estimate of drug-likeness (QED) is 0.528. The summed E-state index contributed by atoms with van der Waals surface area (Å²) in [6.07, 6.45) is 1.23. The van der Waals surface area contributed by atoms with Crippen LogP contribution in [0.25, 0.3) is 0 Å². The molecule has 4 heteroatoms. The number of para-hydroxylation sites is 1. The van der Waals surface area contributed by atoms with Crippen molar-refractivity contribution in [2.24, 2.45) is 0 Å². The summed E-state index contributed by atoms with van der Waals surface area (Å²) in [4.78, 5) is 2.34. The maximum atomic E-state index is 10.6. The molecule has 4 rings (SSSR count). The number of fused-ring (bicyclic) bond motifs is 1. The van der Waals surface area contributed by atoms with Crippen molar-refractivity contribution in [3.63, 3.8) is 0 Å². The summed E-state index contributed by atoms with van der Waals surface area (Å²) in [5, 5.41) is 10.6. The summed E-state index contributed by atoms with van der Waals surface area (Å²) in [7, 11) is 0. The zero-order valence-electron chi connectivity index (χ0n) is 15.7. The molecule has 0 saturated heterocycles. The van der Waals surface area contributed by atoms with Crippen molar-refractivity contribution >= 4 is 21.6 Å². The standard InChI is InChI=1S/C24H24BrNO2/c25-21-10-4-9-20(16-21)22(27)13-15-26-14-12-19-8-5-11-23(24(19)26)28-17-18-6-2-1-3-7-18/h1-11,16,22,27H,12-15,17H2/t22-/m1/s1. The molecule has 0 amide bonds. The van der Waals surface area contributed by atoms with Gasteiger partial charge in [-0.1, -0.05) is 70.5 Å². The molecule has 0 bridgehead atoms. The molecule has 0 saturated carbocycles. The zero-order valence-corrected chi connectivity index (χ0v) is 17.3. The average Bonchev–Trinajstić information content (AvgIpc) is 3.15. The summed E-state index contributed by atoms with van der Waals surface area (Å²) >= 11 is 3.48. The largest absolute Gasteiger partial charge is 0.487 e. The monoisotopic (exact) mass is 437 g/mol. The molecule has 0 unspecified atom stereocenters. The lowest BCUT2D eigenvalue weighted by atomic mass is 10.1. The Morgan fingerprint density at radius 1 is 1.00 bits per heavy atom. The third-order valence-corrected chi connectivity index (χ3v) is 5.69. The Hall–Kier alpha value is -2.30. The molecule has 28 heavy (non-hydrogen) atoms. The van der Waals surface area contributed by atoms with Crippen LogP contribution in [0.2, 0.25) is 0 Å². The molecule has 0 radical (unpaired) electrons. The summed E-state index contributed by atoms with van der Waals surface area (Å²) in [5.41, 5.74) is 4.61. The molecule has 3 aromatic rings. The van der Waals surface area contributed by atoms with Crippen molar-refractivity contribution in [2.75, 3.05) is 18.0 Å². The first-order valence-electron chi connectivity index (χ1n) is 9.68. The second kappa shape index (κ2) is 8.80. The SMILES string of the molecule is O[C@H](CCN1CCc2cccc(OCc3ccccc3)c21)c1cccc(Br)c1. The second-order valence-corrected chi connectivity index (χ2v) is 8.05. The van der Waals surface area contributed by atoms with E-state index in [-0.39, 0.29) is 0 Å². The number of aliphatic hydroxyl groups excluding tert-OH is 1. The lowest BCUT2D eigenvalue weighted by molar-refractivity contribution is 0.169. The number of hydrogen-bond donors (Lipinski definition) is 1. The Morgan fingerprint density at radius 3 is 2.64 bits per heavy atom. The zero-order chi connectivity index (χ0) is 19.3. The van der Waals surface area contributed by atoms with Crippen LogP contribution < -0.4 is 9.64 Å². The number of ether oxygens (including phenoxy) is 1. The molecule has 3 aromatic carbocycles. The van der Waals surface area contributed by atoms with Crippen LogP contribution >= 0.6 is 15.9 Å². The van der Waals surface area contributed by atoms with Crippen LogP contribution in [0.4, 0.5) is 5.69 Å². The van der Waals surface area contributed by atoms with Gasteiger partial charge in [-0.3, -0.25) is 0 Å². The number of rotatable bonds is 7. The lowest BCUT2D eigenvalue weighted by Crippen LogP contribution is -2.24. The van der Waals surface area contributed by atoms with Crippen LogP contribution in [0.5, 0.6) is 5.75 Å². The minimum absolute atomic E-state index is 0.473. The highest BCUT2D eigenvalue weighted by Crippen LogP contribution is 2.38.